The Bertz CT molecular complexity index is 1090. The largest absolute Gasteiger partial charge is 0.343 e. The van der Waals surface area contributed by atoms with Crippen molar-refractivity contribution in [1.82, 2.24) is 19.6 Å². The van der Waals surface area contributed by atoms with Crippen LogP contribution in [-0.4, -0.2) is 26.1 Å². The van der Waals surface area contributed by atoms with Crippen LogP contribution in [0, 0.1) is 11.3 Å². The molecule has 138 valence electrons. The van der Waals surface area contributed by atoms with Gasteiger partial charge in [0.15, 0.2) is 17.2 Å². The van der Waals surface area contributed by atoms with Crippen molar-refractivity contribution < 1.29 is 0 Å². The van der Waals surface area contributed by atoms with Crippen LogP contribution in [0.4, 0.5) is 5.82 Å². The molecule has 28 heavy (non-hydrogen) atoms. The van der Waals surface area contributed by atoms with Crippen LogP contribution in [-0.2, 0) is 0 Å². The Morgan fingerprint density at radius 2 is 1.68 bits per heavy atom. The van der Waals surface area contributed by atoms with Gasteiger partial charge in [-0.15, -0.1) is 5.10 Å². The summed E-state index contributed by atoms with van der Waals surface area (Å²) in [5, 5.41) is 13.6. The molecule has 0 bridgehead atoms. The van der Waals surface area contributed by atoms with Gasteiger partial charge >= 0.3 is 0 Å². The molecule has 0 aliphatic heterocycles. The van der Waals surface area contributed by atoms with Crippen LogP contribution in [0.5, 0.6) is 0 Å². The monoisotopic (exact) mass is 388 g/mol. The molecule has 0 unspecified atom stereocenters. The van der Waals surface area contributed by atoms with Crippen molar-refractivity contribution in [3.8, 4) is 6.07 Å². The Morgan fingerprint density at radius 1 is 1.07 bits per heavy atom. The Labute approximate surface area is 167 Å². The molecular weight excluding hydrogens is 372 g/mol. The maximum Gasteiger partial charge on any atom is 0.243 e. The Hall–Kier alpha value is -3.43. The number of hydrogen-bond donors (Lipinski definition) is 0. The SMILES string of the molecule is CCN(c1nc(Cl)nn2c(C#N)cnc12)C(c1ccccc1)c1ccccc1. The summed E-state index contributed by atoms with van der Waals surface area (Å²) in [5.41, 5.74) is 3.05. The van der Waals surface area contributed by atoms with Gasteiger partial charge in [-0.05, 0) is 29.7 Å². The molecule has 0 aliphatic rings. The van der Waals surface area contributed by atoms with Gasteiger partial charge in [-0.25, -0.2) is 4.98 Å². The Morgan fingerprint density at radius 3 is 2.21 bits per heavy atom. The van der Waals surface area contributed by atoms with E-state index >= 15 is 0 Å². The van der Waals surface area contributed by atoms with Crippen molar-refractivity contribution in [1.29, 1.82) is 5.26 Å². The summed E-state index contributed by atoms with van der Waals surface area (Å²) in [4.78, 5) is 11.0. The molecule has 0 atom stereocenters. The second-order valence-corrected chi connectivity index (χ2v) is 6.54. The fourth-order valence-corrected chi connectivity index (χ4v) is 3.54. The van der Waals surface area contributed by atoms with Gasteiger partial charge in [-0.1, -0.05) is 60.7 Å². The lowest BCUT2D eigenvalue weighted by Gasteiger charge is -2.32. The predicted octanol–water partition coefficient (Wildman–Crippen LogP) is 4.27. The topological polar surface area (TPSA) is 70.1 Å². The number of anilines is 1. The first-order chi connectivity index (χ1) is 13.7. The molecule has 0 saturated carbocycles. The van der Waals surface area contributed by atoms with E-state index in [1.165, 1.54) is 10.7 Å². The number of hydrogen-bond acceptors (Lipinski definition) is 5. The number of nitrogens with zero attached hydrogens (tertiary/aromatic N) is 6. The van der Waals surface area contributed by atoms with Crippen LogP contribution in [0.25, 0.3) is 5.65 Å². The third kappa shape index (κ3) is 3.17. The average molecular weight is 389 g/mol. The molecule has 6 nitrogen and oxygen atoms in total. The zero-order valence-electron chi connectivity index (χ0n) is 15.2. The number of aromatic nitrogens is 4. The van der Waals surface area contributed by atoms with E-state index in [-0.39, 0.29) is 11.3 Å². The highest BCUT2D eigenvalue weighted by molar-refractivity contribution is 6.28. The van der Waals surface area contributed by atoms with Gasteiger partial charge in [0.25, 0.3) is 0 Å². The summed E-state index contributed by atoms with van der Waals surface area (Å²) >= 11 is 6.20. The molecule has 0 radical (unpaired) electrons. The van der Waals surface area contributed by atoms with Crippen molar-refractivity contribution in [3.05, 3.63) is 89.0 Å². The predicted molar refractivity (Wildman–Crippen MR) is 108 cm³/mol. The first-order valence-corrected chi connectivity index (χ1v) is 9.28. The van der Waals surface area contributed by atoms with Crippen LogP contribution >= 0.6 is 11.6 Å². The van der Waals surface area contributed by atoms with E-state index in [1.54, 1.807) is 0 Å². The van der Waals surface area contributed by atoms with E-state index in [2.05, 4.69) is 57.2 Å². The molecular formula is C21H17ClN6. The minimum Gasteiger partial charge on any atom is -0.343 e. The molecule has 0 N–H and O–H groups in total. The number of benzene rings is 2. The van der Waals surface area contributed by atoms with Gasteiger partial charge in [-0.2, -0.15) is 14.8 Å². The Kier molecular flexibility index (Phi) is 4.92. The normalized spacial score (nSPS) is 10.9. The summed E-state index contributed by atoms with van der Waals surface area (Å²) in [6.45, 7) is 2.71. The van der Waals surface area contributed by atoms with Gasteiger partial charge < -0.3 is 4.90 Å². The molecule has 2 heterocycles. The summed E-state index contributed by atoms with van der Waals surface area (Å²) in [6.07, 6.45) is 1.48. The molecule has 0 saturated heterocycles. The van der Waals surface area contributed by atoms with Crippen molar-refractivity contribution >= 4 is 23.1 Å². The second kappa shape index (κ2) is 7.67. The van der Waals surface area contributed by atoms with E-state index in [4.69, 9.17) is 11.6 Å². The highest BCUT2D eigenvalue weighted by atomic mass is 35.5. The van der Waals surface area contributed by atoms with Crippen molar-refractivity contribution in [2.75, 3.05) is 11.4 Å². The van der Waals surface area contributed by atoms with E-state index in [1.807, 2.05) is 36.4 Å². The van der Waals surface area contributed by atoms with Crippen molar-refractivity contribution in [3.63, 3.8) is 0 Å². The number of rotatable bonds is 5. The summed E-state index contributed by atoms with van der Waals surface area (Å²) < 4.78 is 1.44. The van der Waals surface area contributed by atoms with Gasteiger partial charge in [-0.3, -0.25) is 0 Å². The molecule has 0 aliphatic carbocycles. The molecule has 7 heteroatoms. The first kappa shape index (κ1) is 18.0. The number of halogens is 1. The minimum absolute atomic E-state index is 0.0651. The molecule has 2 aromatic carbocycles. The minimum atomic E-state index is -0.0931. The quantitative estimate of drug-likeness (QED) is 0.510. The van der Waals surface area contributed by atoms with Crippen LogP contribution in [0.15, 0.2) is 66.9 Å². The summed E-state index contributed by atoms with van der Waals surface area (Å²) in [5.74, 6) is 0.585. The average Bonchev–Trinajstić information content (AvgIpc) is 3.15. The van der Waals surface area contributed by atoms with Crippen molar-refractivity contribution in [2.24, 2.45) is 0 Å². The maximum atomic E-state index is 9.34. The molecule has 4 rings (SSSR count). The fourth-order valence-electron chi connectivity index (χ4n) is 3.39. The van der Waals surface area contributed by atoms with E-state index in [9.17, 15) is 5.26 Å². The summed E-state index contributed by atoms with van der Waals surface area (Å²) in [6, 6.07) is 22.4. The van der Waals surface area contributed by atoms with Gasteiger partial charge in [0.05, 0.1) is 12.2 Å². The van der Waals surface area contributed by atoms with Gasteiger partial charge in [0, 0.05) is 6.54 Å². The zero-order chi connectivity index (χ0) is 19.5. The number of imidazole rings is 1. The highest BCUT2D eigenvalue weighted by Gasteiger charge is 2.26. The second-order valence-electron chi connectivity index (χ2n) is 6.21. The summed E-state index contributed by atoms with van der Waals surface area (Å²) in [7, 11) is 0. The van der Waals surface area contributed by atoms with Crippen LogP contribution in [0.1, 0.15) is 29.8 Å². The third-order valence-electron chi connectivity index (χ3n) is 4.59. The van der Waals surface area contributed by atoms with Crippen LogP contribution in [0.2, 0.25) is 5.28 Å². The molecule has 0 amide bonds. The molecule has 0 spiro atoms. The highest BCUT2D eigenvalue weighted by Crippen LogP contribution is 2.34. The number of nitriles is 1. The van der Waals surface area contributed by atoms with E-state index < -0.39 is 0 Å². The lowest BCUT2D eigenvalue weighted by molar-refractivity contribution is 0.707. The maximum absolute atomic E-state index is 9.34. The number of fused-ring (bicyclic) bond motifs is 1. The standard InChI is InChI=1S/C21H17ClN6/c1-2-27(20-19-24-14-17(13-23)28(19)26-21(22)25-20)18(15-9-5-3-6-10-15)16-11-7-4-8-12-16/h3-12,14,18H,2H2,1H3. The lowest BCUT2D eigenvalue weighted by atomic mass is 9.97. The Balaban J connectivity index is 1.94. The lowest BCUT2D eigenvalue weighted by Crippen LogP contribution is -2.31. The molecule has 4 aromatic rings. The van der Waals surface area contributed by atoms with E-state index in [0.717, 1.165) is 11.1 Å². The third-order valence-corrected chi connectivity index (χ3v) is 4.75. The zero-order valence-corrected chi connectivity index (χ0v) is 16.0. The van der Waals surface area contributed by atoms with Crippen LogP contribution < -0.4 is 4.90 Å². The van der Waals surface area contributed by atoms with Gasteiger partial charge in [0.1, 0.15) is 6.07 Å². The first-order valence-electron chi connectivity index (χ1n) is 8.90. The van der Waals surface area contributed by atoms with E-state index in [0.29, 0.717) is 23.7 Å². The van der Waals surface area contributed by atoms with Gasteiger partial charge in [0.2, 0.25) is 5.28 Å². The smallest absolute Gasteiger partial charge is 0.243 e. The fraction of sp³-hybridized carbons (Fsp3) is 0.143. The molecule has 2 aromatic heterocycles. The van der Waals surface area contributed by atoms with Crippen LogP contribution in [0.3, 0.4) is 0 Å². The van der Waals surface area contributed by atoms with Crippen molar-refractivity contribution in [2.45, 2.75) is 13.0 Å². The molecule has 0 fully saturated rings.